The summed E-state index contributed by atoms with van der Waals surface area (Å²) in [5.74, 6) is 0.546. The Kier molecular flexibility index (Phi) is 6.18. The minimum atomic E-state index is -0.437. The molecule has 2 aromatic carbocycles. The number of nitro groups is 1. The van der Waals surface area contributed by atoms with Crippen molar-refractivity contribution in [3.63, 3.8) is 0 Å². The lowest BCUT2D eigenvalue weighted by Crippen LogP contribution is -2.02. The number of nitro benzene ring substituents is 1. The molecule has 2 aromatic rings. The predicted octanol–water partition coefficient (Wildman–Crippen LogP) is 2.83. The van der Waals surface area contributed by atoms with Gasteiger partial charge in [-0.1, -0.05) is 12.1 Å². The Morgan fingerprint density at radius 3 is 2.78 bits per heavy atom. The summed E-state index contributed by atoms with van der Waals surface area (Å²) in [4.78, 5) is 11.3. The second-order valence-corrected chi connectivity index (χ2v) is 6.52. The smallest absolute Gasteiger partial charge is 0.269 e. The highest BCUT2D eigenvalue weighted by atomic mass is 32.2. The zero-order valence-electron chi connectivity index (χ0n) is 12.7. The van der Waals surface area contributed by atoms with Crippen LogP contribution in [0.2, 0.25) is 5.82 Å². The highest BCUT2D eigenvalue weighted by Gasteiger charge is 2.11. The van der Waals surface area contributed by atoms with Gasteiger partial charge >= 0.3 is 0 Å². The van der Waals surface area contributed by atoms with Crippen LogP contribution in [0.5, 0.6) is 0 Å². The molecule has 0 fully saturated rings. The fourth-order valence-electron chi connectivity index (χ4n) is 2.11. The van der Waals surface area contributed by atoms with Crippen molar-refractivity contribution in [2.75, 3.05) is 12.4 Å². The summed E-state index contributed by atoms with van der Waals surface area (Å²) in [6, 6.07) is 11.0. The van der Waals surface area contributed by atoms with E-state index in [-0.39, 0.29) is 23.9 Å². The summed E-state index contributed by atoms with van der Waals surface area (Å²) in [7, 11) is 1.94. The molecule has 7 heteroatoms. The van der Waals surface area contributed by atoms with Crippen LogP contribution in [0, 0.1) is 15.9 Å². The lowest BCUT2D eigenvalue weighted by molar-refractivity contribution is -0.384. The number of non-ortho nitro benzene ring substituents is 1. The number of rotatable bonds is 7. The molecular formula is C16H17BFNO3S. The zero-order valence-corrected chi connectivity index (χ0v) is 13.6. The number of benzene rings is 2. The Hall–Kier alpha value is -1.86. The van der Waals surface area contributed by atoms with Gasteiger partial charge in [-0.25, -0.2) is 4.39 Å². The molecule has 0 radical (unpaired) electrons. The average Bonchev–Trinajstić information content (AvgIpc) is 2.54. The molecule has 1 atom stereocenters. The van der Waals surface area contributed by atoms with Crippen molar-refractivity contribution in [1.29, 1.82) is 0 Å². The zero-order chi connectivity index (χ0) is 16.8. The molecule has 23 heavy (non-hydrogen) atoms. The van der Waals surface area contributed by atoms with Gasteiger partial charge in [-0.15, -0.1) is 11.8 Å². The van der Waals surface area contributed by atoms with Gasteiger partial charge < -0.3 is 5.11 Å². The van der Waals surface area contributed by atoms with E-state index in [1.165, 1.54) is 24.3 Å². The standard InChI is InChI=1S/C16H17BFNO3S/c17-13(9-20)10-23-16-5-4-14(18)8-12(16)6-11-2-1-3-15(7-11)19(21)22/h1-5,7-8,13,20H,6,9-10,17H2. The van der Waals surface area contributed by atoms with Gasteiger partial charge in [0.15, 0.2) is 0 Å². The molecule has 0 saturated heterocycles. The Morgan fingerprint density at radius 1 is 1.30 bits per heavy atom. The van der Waals surface area contributed by atoms with Gasteiger partial charge in [-0.3, -0.25) is 10.1 Å². The molecule has 4 nitrogen and oxygen atoms in total. The van der Waals surface area contributed by atoms with Gasteiger partial charge in [-0.2, -0.15) is 0 Å². The van der Waals surface area contributed by atoms with Gasteiger partial charge in [0.1, 0.15) is 13.7 Å². The summed E-state index contributed by atoms with van der Waals surface area (Å²) in [5, 5.41) is 20.0. The second-order valence-electron chi connectivity index (χ2n) is 5.45. The molecule has 1 unspecified atom stereocenters. The molecule has 0 aliphatic carbocycles. The summed E-state index contributed by atoms with van der Waals surface area (Å²) < 4.78 is 13.6. The first kappa shape index (κ1) is 17.5. The Labute approximate surface area is 139 Å². The largest absolute Gasteiger partial charge is 0.397 e. The van der Waals surface area contributed by atoms with E-state index in [0.717, 1.165) is 21.8 Å². The number of aliphatic hydroxyl groups excluding tert-OH is 1. The number of halogens is 1. The van der Waals surface area contributed by atoms with Gasteiger partial charge in [0.2, 0.25) is 0 Å². The van der Waals surface area contributed by atoms with Crippen LogP contribution in [0.1, 0.15) is 11.1 Å². The van der Waals surface area contributed by atoms with Crippen molar-refractivity contribution in [2.24, 2.45) is 0 Å². The van der Waals surface area contributed by atoms with Crippen LogP contribution in [0.25, 0.3) is 0 Å². The highest BCUT2D eigenvalue weighted by molar-refractivity contribution is 7.99. The van der Waals surface area contributed by atoms with Crippen molar-refractivity contribution in [1.82, 2.24) is 0 Å². The molecule has 0 spiro atoms. The molecule has 0 heterocycles. The molecule has 0 aliphatic heterocycles. The first-order valence-electron chi connectivity index (χ1n) is 7.25. The topological polar surface area (TPSA) is 63.4 Å². The lowest BCUT2D eigenvalue weighted by atomic mass is 9.91. The van der Waals surface area contributed by atoms with Gasteiger partial charge in [0.05, 0.1) is 4.92 Å². The minimum Gasteiger partial charge on any atom is -0.397 e. The van der Waals surface area contributed by atoms with Crippen molar-refractivity contribution in [2.45, 2.75) is 17.1 Å². The Morgan fingerprint density at radius 2 is 2.09 bits per heavy atom. The highest BCUT2D eigenvalue weighted by Crippen LogP contribution is 2.28. The van der Waals surface area contributed by atoms with Crippen LogP contribution in [0.15, 0.2) is 47.4 Å². The van der Waals surface area contributed by atoms with E-state index in [2.05, 4.69) is 0 Å². The lowest BCUT2D eigenvalue weighted by Gasteiger charge is -2.12. The molecule has 2 rings (SSSR count). The van der Waals surface area contributed by atoms with Gasteiger partial charge in [0.25, 0.3) is 5.69 Å². The molecule has 0 aliphatic rings. The second kappa shape index (κ2) is 8.13. The third kappa shape index (κ3) is 5.08. The number of thioether (sulfide) groups is 1. The maximum Gasteiger partial charge on any atom is 0.269 e. The van der Waals surface area contributed by atoms with Crippen LogP contribution in [-0.2, 0) is 6.42 Å². The third-order valence-corrected chi connectivity index (χ3v) is 4.82. The first-order chi connectivity index (χ1) is 11.0. The number of nitrogens with zero attached hydrogens (tertiary/aromatic N) is 1. The fourth-order valence-corrected chi connectivity index (χ4v) is 3.16. The summed E-state index contributed by atoms with van der Waals surface area (Å²) >= 11 is 1.56. The molecular weight excluding hydrogens is 316 g/mol. The van der Waals surface area contributed by atoms with Crippen LogP contribution >= 0.6 is 11.8 Å². The van der Waals surface area contributed by atoms with E-state index in [1.807, 2.05) is 7.85 Å². The summed E-state index contributed by atoms with van der Waals surface area (Å²) in [6.07, 6.45) is 0.426. The predicted molar refractivity (Wildman–Crippen MR) is 92.4 cm³/mol. The fraction of sp³-hybridized carbons (Fsp3) is 0.250. The molecule has 0 amide bonds. The van der Waals surface area contributed by atoms with Crippen molar-refractivity contribution in [3.8, 4) is 0 Å². The van der Waals surface area contributed by atoms with Crippen molar-refractivity contribution in [3.05, 3.63) is 69.5 Å². The van der Waals surface area contributed by atoms with Gasteiger partial charge in [0, 0.05) is 23.6 Å². The average molecular weight is 333 g/mol. The molecule has 0 aromatic heterocycles. The van der Waals surface area contributed by atoms with E-state index in [1.54, 1.807) is 30.0 Å². The molecule has 0 saturated carbocycles. The maximum atomic E-state index is 13.6. The van der Waals surface area contributed by atoms with E-state index in [9.17, 15) is 14.5 Å². The maximum absolute atomic E-state index is 13.6. The van der Waals surface area contributed by atoms with Crippen LogP contribution < -0.4 is 0 Å². The molecule has 0 bridgehead atoms. The number of hydrogen-bond acceptors (Lipinski definition) is 4. The normalized spacial score (nSPS) is 12.1. The quantitative estimate of drug-likeness (QED) is 0.366. The number of aliphatic hydroxyl groups is 1. The monoisotopic (exact) mass is 333 g/mol. The van der Waals surface area contributed by atoms with E-state index in [4.69, 9.17) is 5.11 Å². The van der Waals surface area contributed by atoms with Crippen molar-refractivity contribution < 1.29 is 14.4 Å². The van der Waals surface area contributed by atoms with E-state index >= 15 is 0 Å². The Balaban J connectivity index is 2.22. The van der Waals surface area contributed by atoms with Crippen molar-refractivity contribution >= 4 is 25.3 Å². The van der Waals surface area contributed by atoms with Crippen LogP contribution in [0.3, 0.4) is 0 Å². The van der Waals surface area contributed by atoms with E-state index in [0.29, 0.717) is 6.42 Å². The van der Waals surface area contributed by atoms with Gasteiger partial charge in [-0.05, 0) is 47.3 Å². The SMILES string of the molecule is BC(CO)CSc1ccc(F)cc1Cc1cccc([N+](=O)[O-])c1. The first-order valence-corrected chi connectivity index (χ1v) is 8.23. The molecule has 1 N–H and O–H groups in total. The van der Waals surface area contributed by atoms with Crippen LogP contribution in [-0.4, -0.2) is 30.2 Å². The Bertz CT molecular complexity index is 699. The minimum absolute atomic E-state index is 0.0296. The summed E-state index contributed by atoms with van der Waals surface area (Å²) in [6.45, 7) is 0.106. The van der Waals surface area contributed by atoms with Crippen LogP contribution in [0.4, 0.5) is 10.1 Å². The molecule has 120 valence electrons. The van der Waals surface area contributed by atoms with E-state index < -0.39 is 4.92 Å². The third-order valence-electron chi connectivity index (χ3n) is 3.37. The summed E-state index contributed by atoms with van der Waals surface area (Å²) in [5.41, 5.74) is 1.59. The number of hydrogen-bond donors (Lipinski definition) is 1.